The number of hydrogen-bond acceptors (Lipinski definition) is 3. The average Bonchev–Trinajstić information content (AvgIpc) is 2.24. The van der Waals surface area contributed by atoms with E-state index in [2.05, 4.69) is 31.4 Å². The Hall–Kier alpha value is -1.00. The highest BCUT2D eigenvalue weighted by Gasteiger charge is 2.07. The zero-order valence-electron chi connectivity index (χ0n) is 11.5. The average molecular weight is 266 g/mol. The topological polar surface area (TPSA) is 41.1 Å². The van der Waals surface area contributed by atoms with Crippen LogP contribution in [0.5, 0.6) is 0 Å². The van der Waals surface area contributed by atoms with Crippen molar-refractivity contribution in [2.75, 3.05) is 17.6 Å². The van der Waals surface area contributed by atoms with E-state index in [1.165, 1.54) is 11.8 Å². The van der Waals surface area contributed by atoms with Crippen molar-refractivity contribution in [1.82, 2.24) is 5.32 Å². The van der Waals surface area contributed by atoms with Crippen LogP contribution in [0.1, 0.15) is 27.7 Å². The number of amides is 1. The van der Waals surface area contributed by atoms with E-state index in [1.807, 2.05) is 36.0 Å². The standard InChI is InChI=1S/C14H22N2OS/c1-11(17)16-12-5-7-13(8-6-12)18-10-9-15-14(2,3)4/h5-8,15H,9-10H2,1-4H3,(H,16,17). The molecule has 0 bridgehead atoms. The largest absolute Gasteiger partial charge is 0.326 e. The van der Waals surface area contributed by atoms with Gasteiger partial charge in [-0.15, -0.1) is 11.8 Å². The van der Waals surface area contributed by atoms with E-state index in [-0.39, 0.29) is 11.4 Å². The fourth-order valence-corrected chi connectivity index (χ4v) is 2.20. The second kappa shape index (κ2) is 6.81. The van der Waals surface area contributed by atoms with E-state index < -0.39 is 0 Å². The molecule has 0 saturated carbocycles. The smallest absolute Gasteiger partial charge is 0.221 e. The first kappa shape index (κ1) is 15.1. The van der Waals surface area contributed by atoms with E-state index >= 15 is 0 Å². The minimum absolute atomic E-state index is 0.0372. The lowest BCUT2D eigenvalue weighted by Gasteiger charge is -2.20. The number of thioether (sulfide) groups is 1. The molecule has 1 rings (SSSR count). The number of anilines is 1. The molecular formula is C14H22N2OS. The Bertz CT molecular complexity index is 382. The van der Waals surface area contributed by atoms with Crippen LogP contribution in [0, 0.1) is 0 Å². The predicted molar refractivity (Wildman–Crippen MR) is 79.2 cm³/mol. The Morgan fingerprint density at radius 3 is 2.33 bits per heavy atom. The molecule has 1 amide bonds. The second-order valence-corrected chi connectivity index (χ2v) is 6.40. The van der Waals surface area contributed by atoms with E-state index in [9.17, 15) is 4.79 Å². The highest BCUT2D eigenvalue weighted by molar-refractivity contribution is 7.99. The minimum Gasteiger partial charge on any atom is -0.326 e. The van der Waals surface area contributed by atoms with Crippen LogP contribution in [-0.4, -0.2) is 23.7 Å². The molecule has 0 radical (unpaired) electrons. The van der Waals surface area contributed by atoms with Crippen molar-refractivity contribution in [3.05, 3.63) is 24.3 Å². The molecule has 18 heavy (non-hydrogen) atoms. The van der Waals surface area contributed by atoms with E-state index in [4.69, 9.17) is 0 Å². The molecule has 0 fully saturated rings. The number of hydrogen-bond donors (Lipinski definition) is 2. The van der Waals surface area contributed by atoms with Crippen molar-refractivity contribution >= 4 is 23.4 Å². The van der Waals surface area contributed by atoms with Crippen molar-refractivity contribution in [1.29, 1.82) is 0 Å². The molecule has 4 heteroatoms. The van der Waals surface area contributed by atoms with Crippen molar-refractivity contribution in [2.24, 2.45) is 0 Å². The third-order valence-electron chi connectivity index (χ3n) is 2.20. The van der Waals surface area contributed by atoms with Gasteiger partial charge in [0.1, 0.15) is 0 Å². The minimum atomic E-state index is -0.0372. The first-order chi connectivity index (χ1) is 8.37. The number of carbonyl (C=O) groups excluding carboxylic acids is 1. The summed E-state index contributed by atoms with van der Waals surface area (Å²) in [5.74, 6) is 1.00. The third kappa shape index (κ3) is 6.67. The quantitative estimate of drug-likeness (QED) is 0.635. The zero-order valence-corrected chi connectivity index (χ0v) is 12.4. The van der Waals surface area contributed by atoms with Crippen LogP contribution >= 0.6 is 11.8 Å². The maximum atomic E-state index is 10.9. The maximum Gasteiger partial charge on any atom is 0.221 e. The summed E-state index contributed by atoms with van der Waals surface area (Å²) in [6.07, 6.45) is 0. The molecule has 1 aromatic rings. The fraction of sp³-hybridized carbons (Fsp3) is 0.500. The van der Waals surface area contributed by atoms with Crippen LogP contribution in [0.4, 0.5) is 5.69 Å². The Morgan fingerprint density at radius 1 is 1.22 bits per heavy atom. The van der Waals surface area contributed by atoms with Crippen LogP contribution < -0.4 is 10.6 Å². The van der Waals surface area contributed by atoms with Crippen LogP contribution in [0.3, 0.4) is 0 Å². The lowest BCUT2D eigenvalue weighted by atomic mass is 10.1. The van der Waals surface area contributed by atoms with Crippen LogP contribution in [0.15, 0.2) is 29.2 Å². The van der Waals surface area contributed by atoms with Crippen molar-refractivity contribution in [3.8, 4) is 0 Å². The molecule has 0 aliphatic rings. The summed E-state index contributed by atoms with van der Waals surface area (Å²) >= 11 is 1.81. The predicted octanol–water partition coefficient (Wildman–Crippen LogP) is 3.13. The lowest BCUT2D eigenvalue weighted by molar-refractivity contribution is -0.114. The van der Waals surface area contributed by atoms with Gasteiger partial charge in [-0.25, -0.2) is 0 Å². The van der Waals surface area contributed by atoms with Crippen molar-refractivity contribution in [2.45, 2.75) is 38.1 Å². The summed E-state index contributed by atoms with van der Waals surface area (Å²) in [6, 6.07) is 7.93. The first-order valence-corrected chi connectivity index (χ1v) is 7.11. The van der Waals surface area contributed by atoms with Gasteiger partial charge in [-0.05, 0) is 45.0 Å². The van der Waals surface area contributed by atoms with Gasteiger partial charge in [0.2, 0.25) is 5.91 Å². The highest BCUT2D eigenvalue weighted by atomic mass is 32.2. The molecule has 0 saturated heterocycles. The van der Waals surface area contributed by atoms with Gasteiger partial charge in [-0.3, -0.25) is 4.79 Å². The van der Waals surface area contributed by atoms with Crippen molar-refractivity contribution < 1.29 is 4.79 Å². The third-order valence-corrected chi connectivity index (χ3v) is 3.21. The molecule has 0 atom stereocenters. The Balaban J connectivity index is 2.33. The van der Waals surface area contributed by atoms with Gasteiger partial charge in [0.25, 0.3) is 0 Å². The maximum absolute atomic E-state index is 10.9. The van der Waals surface area contributed by atoms with Gasteiger partial charge in [0.15, 0.2) is 0 Å². The van der Waals surface area contributed by atoms with Crippen LogP contribution in [0.25, 0.3) is 0 Å². The van der Waals surface area contributed by atoms with E-state index in [0.717, 1.165) is 18.0 Å². The highest BCUT2D eigenvalue weighted by Crippen LogP contribution is 2.20. The Morgan fingerprint density at radius 2 is 1.83 bits per heavy atom. The summed E-state index contributed by atoms with van der Waals surface area (Å²) in [6.45, 7) is 9.00. The molecule has 0 aliphatic carbocycles. The summed E-state index contributed by atoms with van der Waals surface area (Å²) in [7, 11) is 0. The summed E-state index contributed by atoms with van der Waals surface area (Å²) in [5, 5.41) is 6.21. The molecule has 0 unspecified atom stereocenters. The molecule has 2 N–H and O–H groups in total. The Kier molecular flexibility index (Phi) is 5.69. The molecule has 0 aliphatic heterocycles. The van der Waals surface area contributed by atoms with Gasteiger partial charge >= 0.3 is 0 Å². The first-order valence-electron chi connectivity index (χ1n) is 6.12. The monoisotopic (exact) mass is 266 g/mol. The normalized spacial score (nSPS) is 11.3. The number of benzene rings is 1. The molecule has 0 spiro atoms. The van der Waals surface area contributed by atoms with Gasteiger partial charge in [0, 0.05) is 35.3 Å². The molecule has 3 nitrogen and oxygen atoms in total. The summed E-state index contributed by atoms with van der Waals surface area (Å²) in [4.78, 5) is 12.1. The van der Waals surface area contributed by atoms with E-state index in [0.29, 0.717) is 0 Å². The molecule has 0 heterocycles. The molecule has 1 aromatic carbocycles. The van der Waals surface area contributed by atoms with E-state index in [1.54, 1.807) is 0 Å². The van der Waals surface area contributed by atoms with Gasteiger partial charge < -0.3 is 10.6 Å². The van der Waals surface area contributed by atoms with Crippen molar-refractivity contribution in [3.63, 3.8) is 0 Å². The lowest BCUT2D eigenvalue weighted by Crippen LogP contribution is -2.37. The van der Waals surface area contributed by atoms with Gasteiger partial charge in [-0.1, -0.05) is 0 Å². The van der Waals surface area contributed by atoms with Gasteiger partial charge in [0.05, 0.1) is 0 Å². The van der Waals surface area contributed by atoms with Crippen LogP contribution in [-0.2, 0) is 4.79 Å². The van der Waals surface area contributed by atoms with Gasteiger partial charge in [-0.2, -0.15) is 0 Å². The number of rotatable bonds is 5. The SMILES string of the molecule is CC(=O)Nc1ccc(SCCNC(C)(C)C)cc1. The molecular weight excluding hydrogens is 244 g/mol. The zero-order chi connectivity index (χ0) is 13.6. The summed E-state index contributed by atoms with van der Waals surface area (Å²) in [5.41, 5.74) is 1.02. The van der Waals surface area contributed by atoms with Crippen LogP contribution in [0.2, 0.25) is 0 Å². The fourth-order valence-electron chi connectivity index (χ4n) is 1.43. The number of carbonyl (C=O) groups is 1. The Labute approximate surface area is 114 Å². The number of nitrogens with one attached hydrogen (secondary N) is 2. The molecule has 0 aromatic heterocycles. The second-order valence-electron chi connectivity index (χ2n) is 5.23. The summed E-state index contributed by atoms with van der Waals surface area (Å²) < 4.78 is 0. The molecule has 100 valence electrons.